The smallest absolute Gasteiger partial charge is 0.249 e. The van der Waals surface area contributed by atoms with Crippen LogP contribution < -0.4 is 16.4 Å². The van der Waals surface area contributed by atoms with E-state index in [0.29, 0.717) is 25.8 Å². The minimum atomic E-state index is -0.546. The van der Waals surface area contributed by atoms with Gasteiger partial charge < -0.3 is 11.1 Å². The molecule has 6 heteroatoms. The molecule has 1 heterocycles. The number of carbonyl (C=O) groups excluding carboxylic acids is 3. The normalized spacial score (nSPS) is 18.9. The number of rotatable bonds is 6. The highest BCUT2D eigenvalue weighted by molar-refractivity contribution is 6.00. The molecule has 0 bridgehead atoms. The van der Waals surface area contributed by atoms with Crippen LogP contribution in [0.25, 0.3) is 0 Å². The average Bonchev–Trinajstić information content (AvgIpc) is 2.71. The van der Waals surface area contributed by atoms with Gasteiger partial charge in [0.2, 0.25) is 17.7 Å². The zero-order valence-corrected chi connectivity index (χ0v) is 9.83. The maximum Gasteiger partial charge on any atom is 0.249 e. The molecule has 96 valence electrons. The third-order valence-corrected chi connectivity index (χ3v) is 2.68. The number of carbonyl (C=O) groups is 3. The SMILES string of the molecule is NCCCCCC(=O)NC(=O)[C@@H]1CCC(=O)N1. The van der Waals surface area contributed by atoms with E-state index in [-0.39, 0.29) is 11.8 Å². The fraction of sp³-hybridized carbons (Fsp3) is 0.727. The van der Waals surface area contributed by atoms with Gasteiger partial charge in [-0.15, -0.1) is 0 Å². The lowest BCUT2D eigenvalue weighted by atomic mass is 10.1. The Morgan fingerprint density at radius 1 is 1.35 bits per heavy atom. The predicted octanol–water partition coefficient (Wildman–Crippen LogP) is -0.573. The molecule has 0 aromatic carbocycles. The molecule has 0 unspecified atom stereocenters. The minimum Gasteiger partial charge on any atom is -0.344 e. The molecule has 1 aliphatic heterocycles. The number of hydrogen-bond acceptors (Lipinski definition) is 4. The Hall–Kier alpha value is -1.43. The zero-order chi connectivity index (χ0) is 12.7. The summed E-state index contributed by atoms with van der Waals surface area (Å²) in [5, 5.41) is 4.81. The van der Waals surface area contributed by atoms with Gasteiger partial charge in [-0.05, 0) is 25.8 Å². The van der Waals surface area contributed by atoms with Gasteiger partial charge in [0.15, 0.2) is 0 Å². The number of nitrogens with two attached hydrogens (primary N) is 1. The van der Waals surface area contributed by atoms with E-state index >= 15 is 0 Å². The van der Waals surface area contributed by atoms with E-state index in [1.54, 1.807) is 0 Å². The summed E-state index contributed by atoms with van der Waals surface area (Å²) in [6, 6.07) is -0.546. The second-order valence-electron chi connectivity index (χ2n) is 4.17. The fourth-order valence-electron chi connectivity index (χ4n) is 1.70. The van der Waals surface area contributed by atoms with Crippen LogP contribution in [0.15, 0.2) is 0 Å². The van der Waals surface area contributed by atoms with Crippen molar-refractivity contribution in [2.75, 3.05) is 6.54 Å². The van der Waals surface area contributed by atoms with E-state index < -0.39 is 11.9 Å². The first-order valence-electron chi connectivity index (χ1n) is 5.96. The van der Waals surface area contributed by atoms with Gasteiger partial charge in [-0.25, -0.2) is 0 Å². The standard InChI is InChI=1S/C11H19N3O3/c12-7-3-1-2-4-9(15)14-11(17)8-5-6-10(16)13-8/h8H,1-7,12H2,(H,13,16)(H,14,15,17)/t8-/m0/s1. The van der Waals surface area contributed by atoms with Gasteiger partial charge in [-0.3, -0.25) is 19.7 Å². The fourth-order valence-corrected chi connectivity index (χ4v) is 1.70. The Morgan fingerprint density at radius 2 is 2.12 bits per heavy atom. The number of hydrogen-bond donors (Lipinski definition) is 3. The van der Waals surface area contributed by atoms with Crippen LogP contribution in [-0.4, -0.2) is 30.3 Å². The summed E-state index contributed by atoms with van der Waals surface area (Å²) >= 11 is 0. The largest absolute Gasteiger partial charge is 0.344 e. The highest BCUT2D eigenvalue weighted by Crippen LogP contribution is 2.06. The molecule has 17 heavy (non-hydrogen) atoms. The van der Waals surface area contributed by atoms with E-state index in [4.69, 9.17) is 5.73 Å². The Morgan fingerprint density at radius 3 is 2.71 bits per heavy atom. The molecular weight excluding hydrogens is 222 g/mol. The number of amides is 3. The molecule has 1 aliphatic rings. The van der Waals surface area contributed by atoms with Crippen LogP contribution >= 0.6 is 0 Å². The zero-order valence-electron chi connectivity index (χ0n) is 9.83. The van der Waals surface area contributed by atoms with Crippen molar-refractivity contribution in [1.82, 2.24) is 10.6 Å². The molecule has 1 atom stereocenters. The van der Waals surface area contributed by atoms with Gasteiger partial charge in [0.25, 0.3) is 0 Å². The van der Waals surface area contributed by atoms with Crippen molar-refractivity contribution in [3.8, 4) is 0 Å². The van der Waals surface area contributed by atoms with E-state index in [0.717, 1.165) is 19.3 Å². The molecule has 0 aromatic rings. The second-order valence-corrected chi connectivity index (χ2v) is 4.17. The van der Waals surface area contributed by atoms with Crippen molar-refractivity contribution >= 4 is 17.7 Å². The summed E-state index contributed by atoms with van der Waals surface area (Å²) in [7, 11) is 0. The van der Waals surface area contributed by atoms with E-state index in [1.165, 1.54) is 0 Å². The van der Waals surface area contributed by atoms with Gasteiger partial charge in [-0.2, -0.15) is 0 Å². The summed E-state index contributed by atoms with van der Waals surface area (Å²) < 4.78 is 0. The van der Waals surface area contributed by atoms with Gasteiger partial charge in [0.05, 0.1) is 0 Å². The number of imide groups is 1. The number of nitrogens with one attached hydrogen (secondary N) is 2. The molecule has 0 aromatic heterocycles. The topological polar surface area (TPSA) is 101 Å². The Balaban J connectivity index is 2.17. The molecular formula is C11H19N3O3. The molecule has 1 fully saturated rings. The molecule has 0 aliphatic carbocycles. The Kier molecular flexibility index (Phi) is 5.62. The third-order valence-electron chi connectivity index (χ3n) is 2.68. The van der Waals surface area contributed by atoms with Crippen molar-refractivity contribution < 1.29 is 14.4 Å². The first-order valence-corrected chi connectivity index (χ1v) is 5.96. The molecule has 0 spiro atoms. The minimum absolute atomic E-state index is 0.138. The van der Waals surface area contributed by atoms with E-state index in [1.807, 2.05) is 0 Å². The molecule has 1 rings (SSSR count). The highest BCUT2D eigenvalue weighted by Gasteiger charge is 2.27. The summed E-state index contributed by atoms with van der Waals surface area (Å²) in [4.78, 5) is 33.8. The van der Waals surface area contributed by atoms with Gasteiger partial charge in [0, 0.05) is 12.8 Å². The first-order chi connectivity index (χ1) is 8.13. The van der Waals surface area contributed by atoms with Crippen molar-refractivity contribution in [3.05, 3.63) is 0 Å². The molecule has 0 saturated carbocycles. The summed E-state index contributed by atoms with van der Waals surface area (Å²) in [5.41, 5.74) is 5.33. The van der Waals surface area contributed by atoms with Crippen molar-refractivity contribution in [1.29, 1.82) is 0 Å². The second kappa shape index (κ2) is 7.01. The van der Waals surface area contributed by atoms with Gasteiger partial charge >= 0.3 is 0 Å². The van der Waals surface area contributed by atoms with E-state index in [2.05, 4.69) is 10.6 Å². The molecule has 4 N–H and O–H groups in total. The average molecular weight is 241 g/mol. The van der Waals surface area contributed by atoms with Crippen LogP contribution in [0.4, 0.5) is 0 Å². The first kappa shape index (κ1) is 13.6. The molecule has 1 saturated heterocycles. The summed E-state index contributed by atoms with van der Waals surface area (Å²) in [5.74, 6) is -0.826. The maximum atomic E-state index is 11.5. The Bertz CT molecular complexity index is 304. The lowest BCUT2D eigenvalue weighted by Gasteiger charge is -2.09. The van der Waals surface area contributed by atoms with Gasteiger partial charge in [0.1, 0.15) is 6.04 Å². The highest BCUT2D eigenvalue weighted by atomic mass is 16.2. The maximum absolute atomic E-state index is 11.5. The van der Waals surface area contributed by atoms with Crippen LogP contribution in [0, 0.1) is 0 Å². The summed E-state index contributed by atoms with van der Waals surface area (Å²) in [6.45, 7) is 0.620. The van der Waals surface area contributed by atoms with Crippen molar-refractivity contribution in [2.45, 2.75) is 44.6 Å². The van der Waals surface area contributed by atoms with Crippen LogP contribution in [0.3, 0.4) is 0 Å². The predicted molar refractivity (Wildman–Crippen MR) is 61.8 cm³/mol. The lowest BCUT2D eigenvalue weighted by molar-refractivity contribution is -0.132. The number of unbranched alkanes of at least 4 members (excludes halogenated alkanes) is 2. The van der Waals surface area contributed by atoms with Gasteiger partial charge in [-0.1, -0.05) is 6.42 Å². The van der Waals surface area contributed by atoms with E-state index in [9.17, 15) is 14.4 Å². The van der Waals surface area contributed by atoms with Crippen LogP contribution in [0.1, 0.15) is 38.5 Å². The van der Waals surface area contributed by atoms with Crippen molar-refractivity contribution in [3.63, 3.8) is 0 Å². The molecule has 3 amide bonds. The Labute approximate surface area is 100 Å². The summed E-state index contributed by atoms with van der Waals surface area (Å²) in [6.07, 6.45) is 3.64. The van der Waals surface area contributed by atoms with Crippen LogP contribution in [0.5, 0.6) is 0 Å². The molecule has 0 radical (unpaired) electrons. The quantitative estimate of drug-likeness (QED) is 0.542. The third kappa shape index (κ3) is 4.95. The molecule has 6 nitrogen and oxygen atoms in total. The lowest BCUT2D eigenvalue weighted by Crippen LogP contribution is -2.44. The van der Waals surface area contributed by atoms with Crippen LogP contribution in [0.2, 0.25) is 0 Å². The monoisotopic (exact) mass is 241 g/mol. The van der Waals surface area contributed by atoms with Crippen molar-refractivity contribution in [2.24, 2.45) is 5.73 Å². The van der Waals surface area contributed by atoms with Crippen LogP contribution in [-0.2, 0) is 14.4 Å².